The van der Waals surface area contributed by atoms with Gasteiger partial charge in [0.15, 0.2) is 0 Å². The molecule has 168 valence electrons. The number of carbonyl (C=O) groups excluding carboxylic acids is 2. The predicted molar refractivity (Wildman–Crippen MR) is 114 cm³/mol. The Labute approximate surface area is 186 Å². The van der Waals surface area contributed by atoms with E-state index in [1.807, 2.05) is 24.3 Å². The predicted octanol–water partition coefficient (Wildman–Crippen LogP) is 5.81. The number of rotatable bonds is 4. The summed E-state index contributed by atoms with van der Waals surface area (Å²) in [4.78, 5) is 25.4. The highest BCUT2D eigenvalue weighted by Crippen LogP contribution is 2.42. The van der Waals surface area contributed by atoms with Crippen LogP contribution in [0.5, 0.6) is 0 Å². The lowest BCUT2D eigenvalue weighted by Gasteiger charge is -2.18. The van der Waals surface area contributed by atoms with Crippen LogP contribution in [0.4, 0.5) is 23.2 Å². The van der Waals surface area contributed by atoms with Gasteiger partial charge in [0.2, 0.25) is 0 Å². The summed E-state index contributed by atoms with van der Waals surface area (Å²) in [5.74, 6) is -1.88. The minimum atomic E-state index is -4.79. The van der Waals surface area contributed by atoms with E-state index in [0.29, 0.717) is 29.2 Å². The Hall–Kier alpha value is -3.68. The van der Waals surface area contributed by atoms with E-state index in [1.54, 1.807) is 18.2 Å². The molecular formula is C25H18F4N2O2. The van der Waals surface area contributed by atoms with Crippen LogP contribution < -0.4 is 10.6 Å². The van der Waals surface area contributed by atoms with E-state index in [1.165, 1.54) is 5.56 Å². The van der Waals surface area contributed by atoms with Gasteiger partial charge in [0.25, 0.3) is 11.8 Å². The fourth-order valence-corrected chi connectivity index (χ4v) is 4.20. The zero-order valence-electron chi connectivity index (χ0n) is 17.2. The number of carbonyl (C=O) groups is 2. The molecule has 0 aromatic heterocycles. The van der Waals surface area contributed by atoms with Crippen LogP contribution in [-0.2, 0) is 6.18 Å². The lowest BCUT2D eigenvalue weighted by Crippen LogP contribution is -2.21. The van der Waals surface area contributed by atoms with Crippen molar-refractivity contribution in [1.29, 1.82) is 0 Å². The van der Waals surface area contributed by atoms with Gasteiger partial charge in [-0.2, -0.15) is 13.2 Å². The maximum atomic E-state index is 13.8. The molecule has 3 aromatic rings. The molecule has 0 spiro atoms. The fraction of sp³-hybridized carbons (Fsp3) is 0.200. The van der Waals surface area contributed by atoms with Crippen LogP contribution >= 0.6 is 0 Å². The van der Waals surface area contributed by atoms with Crippen LogP contribution in [0, 0.1) is 5.82 Å². The summed E-state index contributed by atoms with van der Waals surface area (Å²) in [5, 5.41) is 5.48. The van der Waals surface area contributed by atoms with Crippen molar-refractivity contribution in [2.24, 2.45) is 0 Å². The van der Waals surface area contributed by atoms with Gasteiger partial charge in [-0.15, -0.1) is 0 Å². The van der Waals surface area contributed by atoms with E-state index < -0.39 is 35.1 Å². The first-order chi connectivity index (χ1) is 15.7. The van der Waals surface area contributed by atoms with Crippen molar-refractivity contribution in [2.45, 2.75) is 31.0 Å². The Morgan fingerprint density at radius 1 is 0.970 bits per heavy atom. The highest BCUT2D eigenvalue weighted by atomic mass is 19.4. The Morgan fingerprint density at radius 2 is 1.70 bits per heavy atom. The average molecular weight is 454 g/mol. The van der Waals surface area contributed by atoms with Crippen LogP contribution in [0.15, 0.2) is 60.7 Å². The maximum absolute atomic E-state index is 13.8. The van der Waals surface area contributed by atoms with Crippen LogP contribution in [-0.4, -0.2) is 11.8 Å². The van der Waals surface area contributed by atoms with Gasteiger partial charge in [0.05, 0.1) is 11.6 Å². The summed E-state index contributed by atoms with van der Waals surface area (Å²) >= 11 is 0. The molecule has 1 fully saturated rings. The highest BCUT2D eigenvalue weighted by molar-refractivity contribution is 6.07. The van der Waals surface area contributed by atoms with E-state index in [2.05, 4.69) is 10.6 Å². The molecule has 2 N–H and O–H groups in total. The molecule has 4 nitrogen and oxygen atoms in total. The molecule has 1 saturated carbocycles. The monoisotopic (exact) mass is 454 g/mol. The van der Waals surface area contributed by atoms with Crippen molar-refractivity contribution in [3.63, 3.8) is 0 Å². The van der Waals surface area contributed by atoms with Gasteiger partial charge in [-0.05, 0) is 60.2 Å². The van der Waals surface area contributed by atoms with Crippen molar-refractivity contribution in [2.75, 3.05) is 5.32 Å². The van der Waals surface area contributed by atoms with Gasteiger partial charge in [-0.1, -0.05) is 30.3 Å². The van der Waals surface area contributed by atoms with Crippen molar-refractivity contribution in [3.05, 3.63) is 99.9 Å². The lowest BCUT2D eigenvalue weighted by atomic mass is 9.94. The molecule has 5 rings (SSSR count). The highest BCUT2D eigenvalue weighted by Gasteiger charge is 2.34. The number of nitrogens with one attached hydrogen (secondary N) is 2. The normalized spacial score (nSPS) is 17.5. The molecule has 0 bridgehead atoms. The fourth-order valence-electron chi connectivity index (χ4n) is 4.20. The first-order valence-electron chi connectivity index (χ1n) is 10.4. The Bertz CT molecular complexity index is 1280. The second-order valence-electron chi connectivity index (χ2n) is 8.30. The van der Waals surface area contributed by atoms with E-state index >= 15 is 0 Å². The van der Waals surface area contributed by atoms with Crippen LogP contribution in [0.25, 0.3) is 0 Å². The summed E-state index contributed by atoms with van der Waals surface area (Å²) in [6.07, 6.45) is -2.56. The first kappa shape index (κ1) is 21.2. The molecule has 1 aliphatic heterocycles. The number of anilines is 1. The largest absolute Gasteiger partial charge is 0.416 e. The topological polar surface area (TPSA) is 58.2 Å². The molecule has 8 heteroatoms. The van der Waals surface area contributed by atoms with E-state index in [0.717, 1.165) is 24.5 Å². The van der Waals surface area contributed by atoms with E-state index in [-0.39, 0.29) is 11.6 Å². The van der Waals surface area contributed by atoms with Crippen LogP contribution in [0.3, 0.4) is 0 Å². The van der Waals surface area contributed by atoms with Crippen molar-refractivity contribution >= 4 is 17.5 Å². The minimum Gasteiger partial charge on any atom is -0.341 e. The molecule has 1 unspecified atom stereocenters. The first-order valence-corrected chi connectivity index (χ1v) is 10.4. The van der Waals surface area contributed by atoms with Gasteiger partial charge < -0.3 is 10.6 Å². The number of benzene rings is 3. The van der Waals surface area contributed by atoms with Crippen LogP contribution in [0.2, 0.25) is 0 Å². The standard InChI is InChI=1S/C25H18F4N2O2/c26-18-11-16(10-17(12-18)25(27,28)29)23(32)30-20-6-2-5-19-21(20)22(31-24(19)33)15-4-1-3-14(9-15)13-7-8-13/h1-6,9-13,22H,7-8H2,(H,30,32)(H,31,33). The molecule has 0 saturated heterocycles. The number of amides is 2. The van der Waals surface area contributed by atoms with Crippen molar-refractivity contribution < 1.29 is 27.2 Å². The average Bonchev–Trinajstić information content (AvgIpc) is 3.57. The number of halogens is 4. The van der Waals surface area contributed by atoms with Gasteiger partial charge in [0, 0.05) is 22.4 Å². The SMILES string of the molecule is O=C(Nc1cccc2c1C(c1cccc(C3CC3)c1)NC2=O)c1cc(F)cc(C(F)(F)F)c1. The summed E-state index contributed by atoms with van der Waals surface area (Å²) in [7, 11) is 0. The Balaban J connectivity index is 1.50. The van der Waals surface area contributed by atoms with E-state index in [9.17, 15) is 27.2 Å². The van der Waals surface area contributed by atoms with Gasteiger partial charge in [-0.3, -0.25) is 9.59 Å². The molecule has 2 aliphatic rings. The third-order valence-corrected chi connectivity index (χ3v) is 5.94. The molecule has 33 heavy (non-hydrogen) atoms. The number of fused-ring (bicyclic) bond motifs is 1. The molecule has 1 aliphatic carbocycles. The van der Waals surface area contributed by atoms with Crippen molar-refractivity contribution in [1.82, 2.24) is 5.32 Å². The molecule has 3 aromatic carbocycles. The Kier molecular flexibility index (Phi) is 4.96. The summed E-state index contributed by atoms with van der Waals surface area (Å²) < 4.78 is 52.9. The summed E-state index contributed by atoms with van der Waals surface area (Å²) in [6.45, 7) is 0. The maximum Gasteiger partial charge on any atom is 0.416 e. The summed E-state index contributed by atoms with van der Waals surface area (Å²) in [5.41, 5.74) is 1.47. The molecular weight excluding hydrogens is 436 g/mol. The lowest BCUT2D eigenvalue weighted by molar-refractivity contribution is -0.137. The second-order valence-corrected chi connectivity index (χ2v) is 8.30. The van der Waals surface area contributed by atoms with Gasteiger partial charge >= 0.3 is 6.18 Å². The number of hydrogen-bond donors (Lipinski definition) is 2. The quantitative estimate of drug-likeness (QED) is 0.489. The number of hydrogen-bond acceptors (Lipinski definition) is 2. The van der Waals surface area contributed by atoms with E-state index in [4.69, 9.17) is 0 Å². The zero-order valence-corrected chi connectivity index (χ0v) is 17.2. The molecule has 2 amide bonds. The van der Waals surface area contributed by atoms with Crippen molar-refractivity contribution in [3.8, 4) is 0 Å². The third kappa shape index (κ3) is 4.08. The Morgan fingerprint density at radius 3 is 2.42 bits per heavy atom. The zero-order chi connectivity index (χ0) is 23.3. The summed E-state index contributed by atoms with van der Waals surface area (Å²) in [6, 6.07) is 13.8. The molecule has 1 heterocycles. The van der Waals surface area contributed by atoms with Gasteiger partial charge in [0.1, 0.15) is 5.82 Å². The molecule has 0 radical (unpaired) electrons. The second kappa shape index (κ2) is 7.72. The third-order valence-electron chi connectivity index (χ3n) is 5.94. The minimum absolute atomic E-state index is 0.274. The molecule has 1 atom stereocenters. The van der Waals surface area contributed by atoms with Crippen LogP contribution in [0.1, 0.15) is 67.8 Å². The smallest absolute Gasteiger partial charge is 0.341 e. The number of alkyl halides is 3. The van der Waals surface area contributed by atoms with Gasteiger partial charge in [-0.25, -0.2) is 4.39 Å².